The topological polar surface area (TPSA) is 101 Å². The van der Waals surface area contributed by atoms with E-state index in [0.717, 1.165) is 17.0 Å². The van der Waals surface area contributed by atoms with Gasteiger partial charge in [0.15, 0.2) is 0 Å². The monoisotopic (exact) mass is 284 g/mol. The van der Waals surface area contributed by atoms with E-state index in [9.17, 15) is 4.79 Å². The van der Waals surface area contributed by atoms with Crippen LogP contribution in [0.25, 0.3) is 11.6 Å². The molecule has 0 atom stereocenters. The van der Waals surface area contributed by atoms with Gasteiger partial charge in [-0.1, -0.05) is 0 Å². The number of aryl methyl sites for hydroxylation is 1. The van der Waals surface area contributed by atoms with Crippen molar-refractivity contribution in [3.63, 3.8) is 0 Å². The predicted molar refractivity (Wildman–Crippen MR) is 78.7 cm³/mol. The molecule has 3 rings (SSSR count). The molecule has 0 saturated heterocycles. The highest BCUT2D eigenvalue weighted by Crippen LogP contribution is 2.27. The van der Waals surface area contributed by atoms with Gasteiger partial charge in [0.25, 0.3) is 5.91 Å². The largest absolute Gasteiger partial charge is 0.368 e. The summed E-state index contributed by atoms with van der Waals surface area (Å²) in [6, 6.07) is 1.77. The van der Waals surface area contributed by atoms with E-state index in [0.29, 0.717) is 24.4 Å². The van der Waals surface area contributed by atoms with Crippen LogP contribution in [-0.4, -0.2) is 37.5 Å². The van der Waals surface area contributed by atoms with Crippen molar-refractivity contribution in [3.05, 3.63) is 34.9 Å². The average molecular weight is 284 g/mol. The van der Waals surface area contributed by atoms with E-state index in [1.807, 2.05) is 19.9 Å². The molecule has 0 fully saturated rings. The third kappa shape index (κ3) is 2.26. The van der Waals surface area contributed by atoms with Crippen molar-refractivity contribution < 1.29 is 4.79 Å². The van der Waals surface area contributed by atoms with E-state index in [4.69, 9.17) is 5.73 Å². The number of H-pyrrole nitrogens is 1. The molecule has 1 amide bonds. The van der Waals surface area contributed by atoms with Crippen LogP contribution in [0, 0.1) is 6.92 Å². The molecule has 0 bridgehead atoms. The van der Waals surface area contributed by atoms with E-state index in [-0.39, 0.29) is 11.9 Å². The molecule has 7 heteroatoms. The first-order valence-electron chi connectivity index (χ1n) is 6.74. The lowest BCUT2D eigenvalue weighted by molar-refractivity contribution is -0.125. The number of hydrogen-bond acceptors (Lipinski definition) is 5. The first-order chi connectivity index (χ1) is 10.1. The van der Waals surface area contributed by atoms with E-state index in [1.54, 1.807) is 17.2 Å². The molecule has 3 heterocycles. The van der Waals surface area contributed by atoms with Crippen molar-refractivity contribution >= 4 is 23.5 Å². The molecule has 108 valence electrons. The van der Waals surface area contributed by atoms with E-state index < -0.39 is 0 Å². The van der Waals surface area contributed by atoms with Gasteiger partial charge >= 0.3 is 0 Å². The number of rotatable bonds is 2. The number of aromatic nitrogens is 4. The number of nitrogens with two attached hydrogens (primary N) is 1. The fourth-order valence-corrected chi connectivity index (χ4v) is 2.46. The Kier molecular flexibility index (Phi) is 3.17. The Morgan fingerprint density at radius 1 is 1.43 bits per heavy atom. The summed E-state index contributed by atoms with van der Waals surface area (Å²) >= 11 is 0. The van der Waals surface area contributed by atoms with Crippen molar-refractivity contribution in [1.29, 1.82) is 0 Å². The maximum absolute atomic E-state index is 12.7. The van der Waals surface area contributed by atoms with Gasteiger partial charge in [-0.05, 0) is 26.0 Å². The second-order valence-electron chi connectivity index (χ2n) is 4.88. The van der Waals surface area contributed by atoms with Crippen LogP contribution >= 0.6 is 0 Å². The zero-order chi connectivity index (χ0) is 15.0. The molecule has 0 spiro atoms. The Hall–Kier alpha value is -2.70. The second kappa shape index (κ2) is 5.01. The summed E-state index contributed by atoms with van der Waals surface area (Å²) in [6.45, 7) is 4.81. The van der Waals surface area contributed by atoms with Gasteiger partial charge < -0.3 is 10.6 Å². The van der Waals surface area contributed by atoms with Gasteiger partial charge in [0.05, 0.1) is 29.2 Å². The van der Waals surface area contributed by atoms with Crippen LogP contribution in [0.1, 0.15) is 29.6 Å². The number of carbonyl (C=O) groups excluding carboxylic acids is 1. The molecule has 7 nitrogen and oxygen atoms in total. The number of nitrogens with zero attached hydrogens (tertiary/aromatic N) is 4. The van der Waals surface area contributed by atoms with Gasteiger partial charge in [-0.25, -0.2) is 9.97 Å². The molecule has 2 aromatic rings. The minimum absolute atomic E-state index is 0.0577. The summed E-state index contributed by atoms with van der Waals surface area (Å²) < 4.78 is 0. The Morgan fingerprint density at radius 2 is 2.24 bits per heavy atom. The maximum atomic E-state index is 12.7. The standard InChI is InChI=1S/C14H16N6O/c1-3-20-7-12-9(8(2)17-14(15)18-12)6-10(13(20)21)11-4-5-16-19-11/h4-6H,3,7H2,1-2H3,(H,16,19)(H2,15,17,18). The van der Waals surface area contributed by atoms with Gasteiger partial charge in [0.2, 0.25) is 5.95 Å². The molecule has 1 aliphatic rings. The number of amides is 1. The van der Waals surface area contributed by atoms with Crippen LogP contribution in [0.3, 0.4) is 0 Å². The van der Waals surface area contributed by atoms with Crippen LogP contribution in [0.15, 0.2) is 12.3 Å². The van der Waals surface area contributed by atoms with Crippen LogP contribution < -0.4 is 5.73 Å². The predicted octanol–water partition coefficient (Wildman–Crippen LogP) is 0.993. The van der Waals surface area contributed by atoms with Crippen molar-refractivity contribution in [2.24, 2.45) is 0 Å². The number of hydrogen-bond donors (Lipinski definition) is 2. The summed E-state index contributed by atoms with van der Waals surface area (Å²) in [7, 11) is 0. The first kappa shape index (κ1) is 13.3. The van der Waals surface area contributed by atoms with Crippen LogP contribution in [0.2, 0.25) is 0 Å². The van der Waals surface area contributed by atoms with Crippen molar-refractivity contribution in [3.8, 4) is 0 Å². The Bertz CT molecular complexity index is 719. The molecule has 1 aliphatic heterocycles. The van der Waals surface area contributed by atoms with Crippen LogP contribution in [-0.2, 0) is 11.3 Å². The van der Waals surface area contributed by atoms with Crippen LogP contribution in [0.5, 0.6) is 0 Å². The van der Waals surface area contributed by atoms with Gasteiger partial charge in [0.1, 0.15) is 0 Å². The highest BCUT2D eigenvalue weighted by Gasteiger charge is 2.26. The molecule has 0 aromatic carbocycles. The van der Waals surface area contributed by atoms with E-state index in [1.165, 1.54) is 0 Å². The Labute approximate surface area is 121 Å². The SMILES string of the molecule is CCN1Cc2nc(N)nc(C)c2C=C(c2ccn[nH]2)C1=O. The lowest BCUT2D eigenvalue weighted by atomic mass is 10.1. The van der Waals surface area contributed by atoms with Gasteiger partial charge in [-0.15, -0.1) is 0 Å². The summed E-state index contributed by atoms with van der Waals surface area (Å²) in [5, 5.41) is 6.76. The van der Waals surface area contributed by atoms with E-state index in [2.05, 4.69) is 20.2 Å². The summed E-state index contributed by atoms with van der Waals surface area (Å²) in [5.41, 5.74) is 9.34. The number of nitrogens with one attached hydrogen (secondary N) is 1. The van der Waals surface area contributed by atoms with Crippen molar-refractivity contribution in [2.45, 2.75) is 20.4 Å². The lowest BCUT2D eigenvalue weighted by Crippen LogP contribution is -2.30. The lowest BCUT2D eigenvalue weighted by Gasteiger charge is -2.19. The normalized spacial score (nSPS) is 14.7. The average Bonchev–Trinajstić information content (AvgIpc) is 2.92. The second-order valence-corrected chi connectivity index (χ2v) is 4.88. The fourth-order valence-electron chi connectivity index (χ4n) is 2.46. The fraction of sp³-hybridized carbons (Fsp3) is 0.286. The third-order valence-electron chi connectivity index (χ3n) is 3.55. The van der Waals surface area contributed by atoms with Gasteiger partial charge in [0, 0.05) is 18.3 Å². The number of anilines is 1. The Balaban J connectivity index is 2.22. The minimum Gasteiger partial charge on any atom is -0.368 e. The minimum atomic E-state index is -0.0577. The molecular weight excluding hydrogens is 268 g/mol. The molecule has 2 aromatic heterocycles. The smallest absolute Gasteiger partial charge is 0.256 e. The number of likely N-dealkylation sites (N-methyl/N-ethyl adjacent to an activating group) is 1. The van der Waals surface area contributed by atoms with Crippen molar-refractivity contribution in [1.82, 2.24) is 25.1 Å². The zero-order valence-electron chi connectivity index (χ0n) is 11.9. The number of carbonyl (C=O) groups is 1. The number of aromatic amines is 1. The highest BCUT2D eigenvalue weighted by molar-refractivity contribution is 6.24. The van der Waals surface area contributed by atoms with Crippen LogP contribution in [0.4, 0.5) is 5.95 Å². The third-order valence-corrected chi connectivity index (χ3v) is 3.55. The van der Waals surface area contributed by atoms with E-state index >= 15 is 0 Å². The summed E-state index contributed by atoms with van der Waals surface area (Å²) in [5.74, 6) is 0.172. The molecular formula is C14H16N6O. The summed E-state index contributed by atoms with van der Waals surface area (Å²) in [4.78, 5) is 22.9. The molecule has 0 radical (unpaired) electrons. The van der Waals surface area contributed by atoms with Crippen molar-refractivity contribution in [2.75, 3.05) is 12.3 Å². The number of nitrogen functional groups attached to an aromatic ring is 1. The maximum Gasteiger partial charge on any atom is 0.256 e. The molecule has 0 saturated carbocycles. The molecule has 0 unspecified atom stereocenters. The summed E-state index contributed by atoms with van der Waals surface area (Å²) in [6.07, 6.45) is 3.44. The van der Waals surface area contributed by atoms with Gasteiger partial charge in [-0.3, -0.25) is 9.89 Å². The Morgan fingerprint density at radius 3 is 2.90 bits per heavy atom. The molecule has 0 aliphatic carbocycles. The molecule has 21 heavy (non-hydrogen) atoms. The highest BCUT2D eigenvalue weighted by atomic mass is 16.2. The first-order valence-corrected chi connectivity index (χ1v) is 6.74. The van der Waals surface area contributed by atoms with Gasteiger partial charge in [-0.2, -0.15) is 5.10 Å². The molecule has 3 N–H and O–H groups in total. The quantitative estimate of drug-likeness (QED) is 0.856. The zero-order valence-corrected chi connectivity index (χ0v) is 11.9. The number of fused-ring (bicyclic) bond motifs is 1.